The van der Waals surface area contributed by atoms with E-state index in [4.69, 9.17) is 0 Å². The molecule has 1 amide bonds. The summed E-state index contributed by atoms with van der Waals surface area (Å²) in [4.78, 5) is 41.1. The number of amides is 1. The summed E-state index contributed by atoms with van der Waals surface area (Å²) < 4.78 is 3.75. The molecule has 9 nitrogen and oxygen atoms in total. The molecule has 2 N–H and O–H groups in total. The molecule has 0 aliphatic rings. The first kappa shape index (κ1) is 18.6. The highest BCUT2D eigenvalue weighted by Crippen LogP contribution is 2.15. The lowest BCUT2D eigenvalue weighted by Crippen LogP contribution is -2.37. The number of rotatable bonds is 6. The number of anilines is 1. The molecule has 142 valence electrons. The minimum absolute atomic E-state index is 0.0838. The summed E-state index contributed by atoms with van der Waals surface area (Å²) in [5.74, 6) is -0.283. The number of imidazole rings is 1. The minimum atomic E-state index is -0.481. The van der Waals surface area contributed by atoms with Crippen molar-refractivity contribution in [1.82, 2.24) is 24.0 Å². The van der Waals surface area contributed by atoms with Crippen LogP contribution >= 0.6 is 0 Å². The number of aryl methyl sites for hydroxylation is 1. The van der Waals surface area contributed by atoms with E-state index < -0.39 is 11.2 Å². The van der Waals surface area contributed by atoms with Gasteiger partial charge in [-0.15, -0.1) is 0 Å². The van der Waals surface area contributed by atoms with Gasteiger partial charge in [0.1, 0.15) is 6.54 Å². The number of para-hydroxylation sites is 1. The third-order valence-corrected chi connectivity index (χ3v) is 4.39. The molecule has 9 heteroatoms. The van der Waals surface area contributed by atoms with Crippen molar-refractivity contribution >= 4 is 22.8 Å². The van der Waals surface area contributed by atoms with Gasteiger partial charge in [-0.05, 0) is 18.2 Å². The third kappa shape index (κ3) is 3.54. The third-order valence-electron chi connectivity index (χ3n) is 4.39. The zero-order valence-corrected chi connectivity index (χ0v) is 15.5. The van der Waals surface area contributed by atoms with E-state index >= 15 is 0 Å². The van der Waals surface area contributed by atoms with E-state index in [1.165, 1.54) is 22.5 Å². The Balaban J connectivity index is 1.88. The molecule has 0 aliphatic carbocycles. The maximum Gasteiger partial charge on any atom is 0.332 e. The van der Waals surface area contributed by atoms with Gasteiger partial charge in [-0.2, -0.15) is 0 Å². The highest BCUT2D eigenvalue weighted by molar-refractivity contribution is 5.92. The summed E-state index contributed by atoms with van der Waals surface area (Å²) >= 11 is 0. The van der Waals surface area contributed by atoms with E-state index in [0.29, 0.717) is 12.2 Å². The number of hydrogen-bond donors (Lipinski definition) is 2. The number of carbonyl (C=O) groups is 1. The highest BCUT2D eigenvalue weighted by atomic mass is 16.2. The lowest BCUT2D eigenvalue weighted by atomic mass is 10.1. The molecule has 1 aromatic carbocycles. The molecular weight excluding hydrogens is 348 g/mol. The van der Waals surface area contributed by atoms with Crippen LogP contribution in [0, 0.1) is 0 Å². The normalized spacial score (nSPS) is 11.1. The Bertz CT molecular complexity index is 1110. The largest absolute Gasteiger partial charge is 0.332 e. The molecule has 0 unspecified atom stereocenters. The monoisotopic (exact) mass is 370 g/mol. The summed E-state index contributed by atoms with van der Waals surface area (Å²) in [5.41, 5.74) is 1.22. The standard InChI is InChI=1S/C18H22N6O3/c1-4-19-9-12-7-5-6-8-13(12)21-14(25)10-24-11-20-16-15(24)17(26)23(3)18(27)22(16)2/h5-8,11,19H,4,9-10H2,1-3H3,(H,21,25). The SMILES string of the molecule is CCNCc1ccccc1NC(=O)Cn1cnc2c1c(=O)n(C)c(=O)n2C. The smallest absolute Gasteiger partial charge is 0.324 e. The second-order valence-corrected chi connectivity index (χ2v) is 6.24. The van der Waals surface area contributed by atoms with Crippen LogP contribution in [0.4, 0.5) is 5.69 Å². The van der Waals surface area contributed by atoms with Crippen LogP contribution in [0.2, 0.25) is 0 Å². The van der Waals surface area contributed by atoms with Crippen molar-refractivity contribution < 1.29 is 4.79 Å². The van der Waals surface area contributed by atoms with Gasteiger partial charge in [-0.3, -0.25) is 18.7 Å². The summed E-state index contributed by atoms with van der Waals surface area (Å²) in [6.45, 7) is 3.40. The van der Waals surface area contributed by atoms with Gasteiger partial charge in [0.2, 0.25) is 5.91 Å². The van der Waals surface area contributed by atoms with Crippen LogP contribution in [0.25, 0.3) is 11.2 Å². The number of carbonyl (C=O) groups excluding carboxylic acids is 1. The predicted molar refractivity (Wildman–Crippen MR) is 103 cm³/mol. The van der Waals surface area contributed by atoms with Crippen LogP contribution in [0.3, 0.4) is 0 Å². The number of nitrogens with zero attached hydrogens (tertiary/aromatic N) is 4. The zero-order chi connectivity index (χ0) is 19.6. The topological polar surface area (TPSA) is 103 Å². The summed E-state index contributed by atoms with van der Waals surface area (Å²) in [6, 6.07) is 7.54. The summed E-state index contributed by atoms with van der Waals surface area (Å²) in [6.07, 6.45) is 1.40. The second-order valence-electron chi connectivity index (χ2n) is 6.24. The van der Waals surface area contributed by atoms with Crippen molar-refractivity contribution in [3.8, 4) is 0 Å². The quantitative estimate of drug-likeness (QED) is 0.644. The maximum atomic E-state index is 12.5. The van der Waals surface area contributed by atoms with E-state index in [-0.39, 0.29) is 23.6 Å². The number of nitrogens with one attached hydrogen (secondary N) is 2. The number of hydrogen-bond acceptors (Lipinski definition) is 5. The maximum absolute atomic E-state index is 12.5. The number of benzene rings is 1. The van der Waals surface area contributed by atoms with Gasteiger partial charge in [0.25, 0.3) is 5.56 Å². The molecule has 0 spiro atoms. The summed E-state index contributed by atoms with van der Waals surface area (Å²) in [5, 5.41) is 6.11. The average molecular weight is 370 g/mol. The van der Waals surface area contributed by atoms with Gasteiger partial charge >= 0.3 is 5.69 Å². The Morgan fingerprint density at radius 3 is 2.63 bits per heavy atom. The van der Waals surface area contributed by atoms with E-state index in [0.717, 1.165) is 16.7 Å². The van der Waals surface area contributed by atoms with Gasteiger partial charge in [-0.25, -0.2) is 9.78 Å². The zero-order valence-electron chi connectivity index (χ0n) is 15.5. The van der Waals surface area contributed by atoms with Crippen LogP contribution in [0.1, 0.15) is 12.5 Å². The van der Waals surface area contributed by atoms with Gasteiger partial charge in [-0.1, -0.05) is 25.1 Å². The molecular formula is C18H22N6O3. The lowest BCUT2D eigenvalue weighted by Gasteiger charge is -2.12. The molecule has 0 saturated carbocycles. The Labute approximate surface area is 155 Å². The van der Waals surface area contributed by atoms with Gasteiger partial charge in [0.05, 0.1) is 6.33 Å². The number of aromatic nitrogens is 4. The van der Waals surface area contributed by atoms with Gasteiger partial charge in [0.15, 0.2) is 11.2 Å². The van der Waals surface area contributed by atoms with Crippen LogP contribution in [0.15, 0.2) is 40.2 Å². The van der Waals surface area contributed by atoms with Gasteiger partial charge in [0, 0.05) is 26.3 Å². The highest BCUT2D eigenvalue weighted by Gasteiger charge is 2.16. The van der Waals surface area contributed by atoms with Crippen LogP contribution in [0.5, 0.6) is 0 Å². The first-order chi connectivity index (χ1) is 12.9. The van der Waals surface area contributed by atoms with Crippen molar-refractivity contribution in [2.24, 2.45) is 14.1 Å². The molecule has 0 atom stereocenters. The summed E-state index contributed by atoms with van der Waals surface area (Å²) in [7, 11) is 2.94. The fourth-order valence-corrected chi connectivity index (χ4v) is 2.92. The van der Waals surface area contributed by atoms with E-state index in [1.807, 2.05) is 31.2 Å². The Morgan fingerprint density at radius 1 is 1.15 bits per heavy atom. The molecule has 3 rings (SSSR count). The van der Waals surface area contributed by atoms with E-state index in [1.54, 1.807) is 7.05 Å². The van der Waals surface area contributed by atoms with Crippen molar-refractivity contribution in [3.05, 3.63) is 57.0 Å². The Hall–Kier alpha value is -3.20. The molecule has 0 saturated heterocycles. The molecule has 0 bridgehead atoms. The van der Waals surface area contributed by atoms with Gasteiger partial charge < -0.3 is 15.2 Å². The molecule has 2 heterocycles. The fraction of sp³-hybridized carbons (Fsp3) is 0.333. The first-order valence-corrected chi connectivity index (χ1v) is 8.63. The van der Waals surface area contributed by atoms with Crippen LogP contribution in [-0.4, -0.2) is 31.1 Å². The predicted octanol–water partition coefficient (Wildman–Crippen LogP) is 0.182. The average Bonchev–Trinajstić information content (AvgIpc) is 3.07. The number of fused-ring (bicyclic) bond motifs is 1. The van der Waals surface area contributed by atoms with Crippen molar-refractivity contribution in [2.75, 3.05) is 11.9 Å². The van der Waals surface area contributed by atoms with Crippen molar-refractivity contribution in [1.29, 1.82) is 0 Å². The Kier molecular flexibility index (Phi) is 5.22. The molecule has 2 aromatic heterocycles. The molecule has 0 radical (unpaired) electrons. The lowest BCUT2D eigenvalue weighted by molar-refractivity contribution is -0.116. The minimum Gasteiger partial charge on any atom is -0.324 e. The molecule has 3 aromatic rings. The van der Waals surface area contributed by atoms with E-state index in [2.05, 4.69) is 15.6 Å². The van der Waals surface area contributed by atoms with Crippen molar-refractivity contribution in [3.63, 3.8) is 0 Å². The van der Waals surface area contributed by atoms with Crippen molar-refractivity contribution in [2.45, 2.75) is 20.0 Å². The first-order valence-electron chi connectivity index (χ1n) is 8.63. The molecule has 0 aliphatic heterocycles. The van der Waals surface area contributed by atoms with Crippen LogP contribution in [-0.2, 0) is 32.0 Å². The second kappa shape index (κ2) is 7.58. The van der Waals surface area contributed by atoms with Crippen LogP contribution < -0.4 is 21.9 Å². The molecule has 0 fully saturated rings. The molecule has 27 heavy (non-hydrogen) atoms. The Morgan fingerprint density at radius 2 is 1.89 bits per heavy atom. The fourth-order valence-electron chi connectivity index (χ4n) is 2.92. The van der Waals surface area contributed by atoms with E-state index in [9.17, 15) is 14.4 Å².